The molecule has 1 aliphatic rings. The van der Waals surface area contributed by atoms with Crippen LogP contribution in [0, 0.1) is 0 Å². The summed E-state index contributed by atoms with van der Waals surface area (Å²) in [7, 11) is 0. The topological polar surface area (TPSA) is 106 Å². The molecule has 3 amide bonds. The molecule has 0 saturated carbocycles. The van der Waals surface area contributed by atoms with Crippen LogP contribution in [0.1, 0.15) is 32.9 Å². The summed E-state index contributed by atoms with van der Waals surface area (Å²) in [5.41, 5.74) is 0.520. The molecule has 0 spiro atoms. The molecule has 2 aromatic rings. The second kappa shape index (κ2) is 9.42. The molecule has 1 aromatic heterocycles. The summed E-state index contributed by atoms with van der Waals surface area (Å²) < 4.78 is 10.2. The number of carbonyl (C=O) groups excluding carboxylic acids is 4. The van der Waals surface area contributed by atoms with Crippen LogP contribution in [0.25, 0.3) is 0 Å². The Morgan fingerprint density at radius 3 is 2.41 bits per heavy atom. The highest BCUT2D eigenvalue weighted by molar-refractivity contribution is 7.98. The van der Waals surface area contributed by atoms with Crippen molar-refractivity contribution in [3.05, 3.63) is 59.5 Å². The molecule has 0 radical (unpaired) electrons. The zero-order chi connectivity index (χ0) is 20.8. The quantitative estimate of drug-likeness (QED) is 0.491. The third-order valence-electron chi connectivity index (χ3n) is 4.39. The lowest BCUT2D eigenvalue weighted by Gasteiger charge is -2.24. The minimum atomic E-state index is -1.09. The SMILES string of the molecule is CSCCC(C(=O)OCC(=O)NCc1ccco1)N1C(=O)c2ccccc2C1=O. The van der Waals surface area contributed by atoms with Crippen molar-refractivity contribution in [2.24, 2.45) is 0 Å². The van der Waals surface area contributed by atoms with Crippen LogP contribution in [-0.2, 0) is 20.9 Å². The molecule has 3 rings (SSSR count). The lowest BCUT2D eigenvalue weighted by atomic mass is 10.1. The predicted molar refractivity (Wildman–Crippen MR) is 105 cm³/mol. The first-order valence-corrected chi connectivity index (χ1v) is 10.3. The molecule has 0 aliphatic carbocycles. The van der Waals surface area contributed by atoms with Gasteiger partial charge in [0.05, 0.1) is 23.9 Å². The van der Waals surface area contributed by atoms with E-state index in [-0.39, 0.29) is 24.1 Å². The molecule has 1 N–H and O–H groups in total. The van der Waals surface area contributed by atoms with Crippen molar-refractivity contribution in [2.45, 2.75) is 19.0 Å². The zero-order valence-electron chi connectivity index (χ0n) is 15.8. The number of esters is 1. The maximum atomic E-state index is 12.7. The summed E-state index contributed by atoms with van der Waals surface area (Å²) in [6.45, 7) is -0.351. The van der Waals surface area contributed by atoms with Crippen molar-refractivity contribution in [2.75, 3.05) is 18.6 Å². The lowest BCUT2D eigenvalue weighted by Crippen LogP contribution is -2.46. The first kappa shape index (κ1) is 20.7. The predicted octanol–water partition coefficient (Wildman–Crippen LogP) is 1.86. The van der Waals surface area contributed by atoms with Crippen LogP contribution in [0.2, 0.25) is 0 Å². The van der Waals surface area contributed by atoms with Gasteiger partial charge in [0.1, 0.15) is 11.8 Å². The van der Waals surface area contributed by atoms with Gasteiger partial charge in [-0.2, -0.15) is 11.8 Å². The van der Waals surface area contributed by atoms with Gasteiger partial charge in [-0.1, -0.05) is 12.1 Å². The number of hydrogen-bond donors (Lipinski definition) is 1. The van der Waals surface area contributed by atoms with Crippen molar-refractivity contribution in [1.82, 2.24) is 10.2 Å². The number of fused-ring (bicyclic) bond motifs is 1. The number of amides is 3. The zero-order valence-corrected chi connectivity index (χ0v) is 16.6. The average molecular weight is 416 g/mol. The van der Waals surface area contributed by atoms with Crippen molar-refractivity contribution in [1.29, 1.82) is 0 Å². The second-order valence-corrected chi connectivity index (χ2v) is 7.27. The van der Waals surface area contributed by atoms with Gasteiger partial charge in [-0.25, -0.2) is 4.79 Å². The summed E-state index contributed by atoms with van der Waals surface area (Å²) in [6.07, 6.45) is 3.58. The Morgan fingerprint density at radius 1 is 1.14 bits per heavy atom. The first-order valence-electron chi connectivity index (χ1n) is 8.94. The summed E-state index contributed by atoms with van der Waals surface area (Å²) in [5, 5.41) is 2.56. The minimum Gasteiger partial charge on any atom is -0.467 e. The van der Waals surface area contributed by atoms with Gasteiger partial charge < -0.3 is 14.5 Å². The van der Waals surface area contributed by atoms with Crippen molar-refractivity contribution < 1.29 is 28.3 Å². The third kappa shape index (κ3) is 4.68. The van der Waals surface area contributed by atoms with Gasteiger partial charge in [-0.3, -0.25) is 19.3 Å². The molecule has 29 heavy (non-hydrogen) atoms. The van der Waals surface area contributed by atoms with E-state index in [9.17, 15) is 19.2 Å². The smallest absolute Gasteiger partial charge is 0.329 e. The van der Waals surface area contributed by atoms with Crippen LogP contribution < -0.4 is 5.32 Å². The van der Waals surface area contributed by atoms with Crippen molar-refractivity contribution in [3.63, 3.8) is 0 Å². The Balaban J connectivity index is 1.64. The van der Waals surface area contributed by atoms with Gasteiger partial charge in [0, 0.05) is 0 Å². The molecule has 1 unspecified atom stereocenters. The van der Waals surface area contributed by atoms with Crippen LogP contribution in [-0.4, -0.2) is 53.2 Å². The van der Waals surface area contributed by atoms with Gasteiger partial charge in [-0.05, 0) is 42.7 Å². The Morgan fingerprint density at radius 2 is 1.83 bits per heavy atom. The van der Waals surface area contributed by atoms with E-state index in [1.165, 1.54) is 18.0 Å². The van der Waals surface area contributed by atoms with E-state index in [4.69, 9.17) is 9.15 Å². The van der Waals surface area contributed by atoms with E-state index in [0.717, 1.165) is 4.90 Å². The number of rotatable bonds is 9. The van der Waals surface area contributed by atoms with Crippen LogP contribution in [0.15, 0.2) is 47.1 Å². The molecule has 2 heterocycles. The third-order valence-corrected chi connectivity index (χ3v) is 5.03. The monoisotopic (exact) mass is 416 g/mol. The molecule has 8 nitrogen and oxygen atoms in total. The van der Waals surface area contributed by atoms with E-state index >= 15 is 0 Å². The standard InChI is InChI=1S/C20H20N2O6S/c1-29-10-8-16(22-18(24)14-6-2-3-7-15(14)19(22)25)20(26)28-12-17(23)21-11-13-5-4-9-27-13/h2-7,9,16H,8,10-12H2,1H3,(H,21,23). The number of nitrogens with zero attached hydrogens (tertiary/aromatic N) is 1. The number of imide groups is 1. The fourth-order valence-electron chi connectivity index (χ4n) is 2.96. The Kier molecular flexibility index (Phi) is 6.71. The molecule has 0 saturated heterocycles. The first-order chi connectivity index (χ1) is 14.0. The number of nitrogens with one attached hydrogen (secondary N) is 1. The fourth-order valence-corrected chi connectivity index (χ4v) is 3.41. The van der Waals surface area contributed by atoms with Gasteiger partial charge in [0.2, 0.25) is 0 Å². The summed E-state index contributed by atoms with van der Waals surface area (Å²) in [5.74, 6) is -1.26. The van der Waals surface area contributed by atoms with Crippen LogP contribution in [0.4, 0.5) is 0 Å². The number of furan rings is 1. The van der Waals surface area contributed by atoms with Crippen LogP contribution in [0.5, 0.6) is 0 Å². The molecule has 0 bridgehead atoms. The van der Waals surface area contributed by atoms with Gasteiger partial charge in [0.15, 0.2) is 6.61 Å². The van der Waals surface area contributed by atoms with E-state index in [0.29, 0.717) is 11.5 Å². The lowest BCUT2D eigenvalue weighted by molar-refractivity contribution is -0.152. The molecule has 1 aromatic carbocycles. The number of benzene rings is 1. The molecule has 1 atom stereocenters. The average Bonchev–Trinajstić information content (AvgIpc) is 3.34. The number of thioether (sulfide) groups is 1. The summed E-state index contributed by atoms with van der Waals surface area (Å²) in [4.78, 5) is 50.9. The Labute approximate surface area is 171 Å². The number of ether oxygens (including phenoxy) is 1. The van der Waals surface area contributed by atoms with Gasteiger partial charge >= 0.3 is 5.97 Å². The van der Waals surface area contributed by atoms with Crippen LogP contribution >= 0.6 is 11.8 Å². The van der Waals surface area contributed by atoms with E-state index in [1.807, 2.05) is 6.26 Å². The molecule has 9 heteroatoms. The Bertz CT molecular complexity index is 876. The largest absolute Gasteiger partial charge is 0.467 e. The van der Waals surface area contributed by atoms with Crippen LogP contribution in [0.3, 0.4) is 0 Å². The van der Waals surface area contributed by atoms with E-state index in [1.54, 1.807) is 36.4 Å². The highest BCUT2D eigenvalue weighted by atomic mass is 32.2. The molecule has 1 aliphatic heterocycles. The highest BCUT2D eigenvalue weighted by Gasteiger charge is 2.43. The van der Waals surface area contributed by atoms with Gasteiger partial charge in [0.25, 0.3) is 17.7 Å². The van der Waals surface area contributed by atoms with Crippen molar-refractivity contribution >= 4 is 35.5 Å². The second-order valence-electron chi connectivity index (χ2n) is 6.29. The number of hydrogen-bond acceptors (Lipinski definition) is 7. The molecular weight excluding hydrogens is 396 g/mol. The number of carbonyl (C=O) groups is 4. The fraction of sp³-hybridized carbons (Fsp3) is 0.300. The Hall–Kier alpha value is -3.07. The summed E-state index contributed by atoms with van der Waals surface area (Å²) in [6, 6.07) is 8.72. The van der Waals surface area contributed by atoms with E-state index in [2.05, 4.69) is 5.32 Å². The summed E-state index contributed by atoms with van der Waals surface area (Å²) >= 11 is 1.48. The maximum absolute atomic E-state index is 12.7. The molecular formula is C20H20N2O6S. The van der Waals surface area contributed by atoms with Crippen molar-refractivity contribution in [3.8, 4) is 0 Å². The van der Waals surface area contributed by atoms with Gasteiger partial charge in [-0.15, -0.1) is 0 Å². The molecule has 0 fully saturated rings. The normalized spacial score (nSPS) is 13.9. The van der Waals surface area contributed by atoms with E-state index < -0.39 is 36.3 Å². The molecule has 152 valence electrons. The highest BCUT2D eigenvalue weighted by Crippen LogP contribution is 2.26. The maximum Gasteiger partial charge on any atom is 0.329 e. The minimum absolute atomic E-state index is 0.164.